The lowest BCUT2D eigenvalue weighted by atomic mass is 10.1. The van der Waals surface area contributed by atoms with Crippen LogP contribution in [0.25, 0.3) is 0 Å². The molecular weight excluding hydrogens is 342 g/mol. The van der Waals surface area contributed by atoms with Crippen molar-refractivity contribution >= 4 is 43.0 Å². The lowest BCUT2D eigenvalue weighted by Crippen LogP contribution is -2.55. The van der Waals surface area contributed by atoms with Gasteiger partial charge in [0.25, 0.3) is 0 Å². The first-order valence-electron chi connectivity index (χ1n) is 6.67. The molecule has 2 amide bonds. The minimum atomic E-state index is -1.20. The molecule has 0 aliphatic heterocycles. The summed E-state index contributed by atoms with van der Waals surface area (Å²) >= 11 is 7.89. The van der Waals surface area contributed by atoms with E-state index in [0.717, 1.165) is 0 Å². The topological polar surface area (TPSA) is 150 Å². The van der Waals surface area contributed by atoms with E-state index >= 15 is 0 Å². The van der Waals surface area contributed by atoms with E-state index in [2.05, 4.69) is 45.9 Å². The predicted octanol–water partition coefficient (Wildman–Crippen LogP) is -1.81. The molecule has 1 heterocycles. The van der Waals surface area contributed by atoms with Crippen LogP contribution in [0.1, 0.15) is 5.69 Å². The third-order valence-electron chi connectivity index (χ3n) is 2.94. The summed E-state index contributed by atoms with van der Waals surface area (Å²) in [4.78, 5) is 41.6. The number of aromatic nitrogens is 2. The molecule has 1 aromatic heterocycles. The van der Waals surface area contributed by atoms with Crippen molar-refractivity contribution in [2.45, 2.75) is 24.5 Å². The Balaban J connectivity index is 2.68. The monoisotopic (exact) mass is 361 g/mol. The molecule has 0 fully saturated rings. The number of hydrogen-bond acceptors (Lipinski definition) is 7. The highest BCUT2D eigenvalue weighted by atomic mass is 32.1. The predicted molar refractivity (Wildman–Crippen MR) is 89.5 cm³/mol. The van der Waals surface area contributed by atoms with Gasteiger partial charge in [-0.3, -0.25) is 9.59 Å². The molecule has 0 unspecified atom stereocenters. The molecule has 0 radical (unpaired) electrons. The number of aliphatic carboxylic acids is 1. The van der Waals surface area contributed by atoms with E-state index in [1.54, 1.807) is 0 Å². The average molecular weight is 361 g/mol. The van der Waals surface area contributed by atoms with E-state index in [-0.39, 0.29) is 17.9 Å². The molecule has 6 N–H and O–H groups in total. The Hall–Kier alpha value is -1.72. The first-order chi connectivity index (χ1) is 10.9. The van der Waals surface area contributed by atoms with Crippen LogP contribution in [0.15, 0.2) is 12.5 Å². The quantitative estimate of drug-likeness (QED) is 0.258. The number of H-pyrrole nitrogens is 1. The van der Waals surface area contributed by atoms with Crippen molar-refractivity contribution in [2.75, 3.05) is 11.5 Å². The number of carboxylic acids is 1. The number of imidazole rings is 1. The maximum Gasteiger partial charge on any atom is 0.326 e. The van der Waals surface area contributed by atoms with E-state index < -0.39 is 35.9 Å². The Morgan fingerprint density at radius 2 is 1.87 bits per heavy atom. The average Bonchev–Trinajstić information content (AvgIpc) is 3.03. The fourth-order valence-electron chi connectivity index (χ4n) is 1.64. The summed E-state index contributed by atoms with van der Waals surface area (Å²) in [6.07, 6.45) is 2.90. The van der Waals surface area contributed by atoms with Gasteiger partial charge in [0, 0.05) is 29.8 Å². The van der Waals surface area contributed by atoms with E-state index in [1.807, 2.05) is 0 Å². The number of hydrogen-bond donors (Lipinski definition) is 7. The maximum atomic E-state index is 12.1. The first kappa shape index (κ1) is 19.3. The van der Waals surface area contributed by atoms with Gasteiger partial charge in [0.05, 0.1) is 12.4 Å². The molecule has 9 nitrogen and oxygen atoms in total. The summed E-state index contributed by atoms with van der Waals surface area (Å²) in [5, 5.41) is 14.0. The van der Waals surface area contributed by atoms with Gasteiger partial charge in [-0.1, -0.05) is 0 Å². The van der Waals surface area contributed by atoms with Crippen molar-refractivity contribution in [2.24, 2.45) is 5.73 Å². The molecule has 0 bridgehead atoms. The third kappa shape index (κ3) is 6.12. The highest BCUT2D eigenvalue weighted by molar-refractivity contribution is 7.80. The maximum absolute atomic E-state index is 12.1. The van der Waals surface area contributed by atoms with Crippen LogP contribution in [0, 0.1) is 0 Å². The summed E-state index contributed by atoms with van der Waals surface area (Å²) in [6, 6.07) is -3.03. The standard InChI is InChI=1S/C12H19N5O4S2/c13-7(3-22)10(18)17-9(4-23)11(19)16-8(12(20)21)1-6-2-14-5-15-6/h2,5,7-9,22-23H,1,3-4,13H2,(H,14,15)(H,16,19)(H,17,18)(H,20,21)/t7-,8-,9-/m0/s1. The molecule has 0 aromatic carbocycles. The number of thiol groups is 2. The fraction of sp³-hybridized carbons (Fsp3) is 0.500. The molecule has 0 spiro atoms. The number of rotatable bonds is 9. The van der Waals surface area contributed by atoms with Crippen molar-refractivity contribution in [3.63, 3.8) is 0 Å². The zero-order valence-corrected chi connectivity index (χ0v) is 13.9. The molecule has 1 aromatic rings. The summed E-state index contributed by atoms with van der Waals surface area (Å²) in [6.45, 7) is 0. The van der Waals surface area contributed by atoms with Gasteiger partial charge in [-0.15, -0.1) is 0 Å². The number of amides is 2. The first-order valence-corrected chi connectivity index (χ1v) is 7.93. The van der Waals surface area contributed by atoms with Gasteiger partial charge in [-0.05, 0) is 0 Å². The van der Waals surface area contributed by atoms with Crippen LogP contribution in [0.2, 0.25) is 0 Å². The number of aromatic amines is 1. The zero-order valence-electron chi connectivity index (χ0n) is 12.1. The molecule has 1 rings (SSSR count). The lowest BCUT2D eigenvalue weighted by molar-refractivity contribution is -0.142. The Kier molecular flexibility index (Phi) is 7.92. The number of carbonyl (C=O) groups is 3. The number of nitrogens with two attached hydrogens (primary N) is 1. The molecule has 23 heavy (non-hydrogen) atoms. The van der Waals surface area contributed by atoms with Crippen LogP contribution in [0.4, 0.5) is 0 Å². The van der Waals surface area contributed by atoms with Crippen LogP contribution < -0.4 is 16.4 Å². The number of carboxylic acid groups (broad SMARTS) is 1. The molecule has 0 aliphatic carbocycles. The Labute approximate surface area is 143 Å². The highest BCUT2D eigenvalue weighted by Crippen LogP contribution is 2.00. The van der Waals surface area contributed by atoms with Crippen molar-refractivity contribution in [1.29, 1.82) is 0 Å². The minimum absolute atomic E-state index is 0.00669. The molecule has 128 valence electrons. The van der Waals surface area contributed by atoms with Gasteiger partial charge < -0.3 is 26.5 Å². The van der Waals surface area contributed by atoms with Crippen LogP contribution in [0.5, 0.6) is 0 Å². The van der Waals surface area contributed by atoms with E-state index in [9.17, 15) is 19.5 Å². The number of carbonyl (C=O) groups excluding carboxylic acids is 2. The van der Waals surface area contributed by atoms with E-state index in [4.69, 9.17) is 5.73 Å². The highest BCUT2D eigenvalue weighted by Gasteiger charge is 2.27. The van der Waals surface area contributed by atoms with Crippen LogP contribution >= 0.6 is 25.3 Å². The largest absolute Gasteiger partial charge is 0.480 e. The van der Waals surface area contributed by atoms with Crippen molar-refractivity contribution in [1.82, 2.24) is 20.6 Å². The third-order valence-corrected chi connectivity index (χ3v) is 3.70. The molecule has 11 heteroatoms. The van der Waals surface area contributed by atoms with Crippen molar-refractivity contribution in [3.8, 4) is 0 Å². The van der Waals surface area contributed by atoms with Gasteiger partial charge in [-0.25, -0.2) is 9.78 Å². The number of nitrogens with zero attached hydrogens (tertiary/aromatic N) is 1. The Morgan fingerprint density at radius 3 is 2.35 bits per heavy atom. The second-order valence-corrected chi connectivity index (χ2v) is 5.44. The fourth-order valence-corrected chi connectivity index (χ4v) is 2.07. The van der Waals surface area contributed by atoms with E-state index in [1.165, 1.54) is 12.5 Å². The number of nitrogens with one attached hydrogen (secondary N) is 3. The SMILES string of the molecule is N[C@@H](CS)C(=O)N[C@@H](CS)C(=O)N[C@@H](Cc1cnc[nH]1)C(=O)O. The lowest BCUT2D eigenvalue weighted by Gasteiger charge is -2.21. The Bertz CT molecular complexity index is 540. The molecule has 0 aliphatic rings. The smallest absolute Gasteiger partial charge is 0.326 e. The summed E-state index contributed by atoms with van der Waals surface area (Å²) < 4.78 is 0. The minimum Gasteiger partial charge on any atom is -0.480 e. The van der Waals surface area contributed by atoms with E-state index in [0.29, 0.717) is 5.69 Å². The van der Waals surface area contributed by atoms with Crippen LogP contribution in [-0.2, 0) is 20.8 Å². The summed E-state index contributed by atoms with van der Waals surface area (Å²) in [7, 11) is 0. The summed E-state index contributed by atoms with van der Waals surface area (Å²) in [5.41, 5.74) is 6.07. The second kappa shape index (κ2) is 9.43. The normalized spacial score (nSPS) is 14.6. The molecule has 3 atom stereocenters. The van der Waals surface area contributed by atoms with Crippen molar-refractivity contribution < 1.29 is 19.5 Å². The molecule has 0 saturated heterocycles. The zero-order chi connectivity index (χ0) is 17.4. The van der Waals surface area contributed by atoms with Gasteiger partial charge >= 0.3 is 5.97 Å². The van der Waals surface area contributed by atoms with Crippen molar-refractivity contribution in [3.05, 3.63) is 18.2 Å². The summed E-state index contributed by atoms with van der Waals surface area (Å²) in [5.74, 6) is -2.32. The Morgan fingerprint density at radius 1 is 1.22 bits per heavy atom. The molecular formula is C12H19N5O4S2. The van der Waals surface area contributed by atoms with Gasteiger partial charge in [0.2, 0.25) is 11.8 Å². The van der Waals surface area contributed by atoms with Gasteiger partial charge in [0.1, 0.15) is 12.1 Å². The van der Waals surface area contributed by atoms with Gasteiger partial charge in [0.15, 0.2) is 0 Å². The van der Waals surface area contributed by atoms with Gasteiger partial charge in [-0.2, -0.15) is 25.3 Å². The van der Waals surface area contributed by atoms with Crippen LogP contribution in [0.3, 0.4) is 0 Å². The second-order valence-electron chi connectivity index (χ2n) is 4.71. The van der Waals surface area contributed by atoms with Crippen LogP contribution in [-0.4, -0.2) is 62.5 Å². The molecule has 0 saturated carbocycles.